The normalized spacial score (nSPS) is 11.2. The summed E-state index contributed by atoms with van der Waals surface area (Å²) in [4.78, 5) is 29.0. The van der Waals surface area contributed by atoms with E-state index >= 15 is 0 Å². The van der Waals surface area contributed by atoms with Crippen LogP contribution in [0, 0.1) is 18.3 Å². The van der Waals surface area contributed by atoms with Crippen LogP contribution in [0.1, 0.15) is 35.5 Å². The van der Waals surface area contributed by atoms with Crippen molar-refractivity contribution in [1.82, 2.24) is 4.98 Å². The molecular weight excluding hydrogens is 406 g/mol. The number of aromatic nitrogens is 1. The van der Waals surface area contributed by atoms with Crippen LogP contribution in [-0.2, 0) is 9.53 Å². The molecule has 0 bridgehead atoms. The molecule has 8 nitrogen and oxygen atoms in total. The number of hydrogen-bond donors (Lipinski definition) is 1. The minimum absolute atomic E-state index is 0.205. The minimum atomic E-state index is -0.561. The smallest absolute Gasteiger partial charge is 0.340 e. The third-order valence-corrected chi connectivity index (χ3v) is 5.17. The highest BCUT2D eigenvalue weighted by atomic mass is 32.2. The summed E-state index contributed by atoms with van der Waals surface area (Å²) in [5, 5.41) is 12.1. The van der Waals surface area contributed by atoms with E-state index in [0.717, 1.165) is 11.8 Å². The number of anilines is 1. The van der Waals surface area contributed by atoms with Gasteiger partial charge in [0.05, 0.1) is 42.9 Å². The molecule has 1 aromatic heterocycles. The van der Waals surface area contributed by atoms with Gasteiger partial charge in [0.15, 0.2) is 0 Å². The van der Waals surface area contributed by atoms with Gasteiger partial charge in [0.25, 0.3) is 0 Å². The number of hydrogen-bond acceptors (Lipinski definition) is 8. The quantitative estimate of drug-likeness (QED) is 0.501. The summed E-state index contributed by atoms with van der Waals surface area (Å²) in [5.74, 6) is 0.272. The van der Waals surface area contributed by atoms with Crippen molar-refractivity contribution in [3.05, 3.63) is 41.1 Å². The zero-order valence-corrected chi connectivity index (χ0v) is 18.3. The van der Waals surface area contributed by atoms with E-state index in [9.17, 15) is 14.9 Å². The van der Waals surface area contributed by atoms with Gasteiger partial charge in [-0.3, -0.25) is 4.79 Å². The molecule has 0 aliphatic heterocycles. The first-order valence-electron chi connectivity index (χ1n) is 9.12. The maximum absolute atomic E-state index is 12.7. The molecule has 2 aromatic rings. The molecule has 1 amide bonds. The molecule has 0 aliphatic carbocycles. The van der Waals surface area contributed by atoms with Gasteiger partial charge in [-0.2, -0.15) is 5.26 Å². The number of ether oxygens (including phenoxy) is 3. The Balaban J connectivity index is 2.20. The molecule has 1 unspecified atom stereocenters. The van der Waals surface area contributed by atoms with E-state index in [4.69, 9.17) is 14.2 Å². The molecule has 2 rings (SSSR count). The molecule has 0 fully saturated rings. The number of rotatable bonds is 8. The van der Waals surface area contributed by atoms with Crippen LogP contribution in [-0.4, -0.2) is 42.9 Å². The molecule has 30 heavy (non-hydrogen) atoms. The minimum Gasteiger partial charge on any atom is -0.497 e. The Labute approximate surface area is 179 Å². The number of nitriles is 1. The number of amides is 1. The summed E-state index contributed by atoms with van der Waals surface area (Å²) >= 11 is 1.13. The maximum Gasteiger partial charge on any atom is 0.340 e. The average molecular weight is 429 g/mol. The zero-order valence-electron chi connectivity index (χ0n) is 17.4. The van der Waals surface area contributed by atoms with Crippen LogP contribution in [0.2, 0.25) is 0 Å². The van der Waals surface area contributed by atoms with Gasteiger partial charge in [-0.15, -0.1) is 0 Å². The molecular formula is C21H23N3O5S. The third kappa shape index (κ3) is 5.64. The number of aryl methyl sites for hydroxylation is 1. The third-order valence-electron chi connectivity index (χ3n) is 4.07. The zero-order chi connectivity index (χ0) is 22.3. The number of carbonyl (C=O) groups is 2. The Kier molecular flexibility index (Phi) is 8.07. The first-order valence-corrected chi connectivity index (χ1v) is 10.00. The standard InChI is InChI=1S/C21H23N3O5S/c1-6-29-21(26)18-7-14(11-22)20(23-12(18)2)30-13(3)19(25)24-15-8-16(27-4)10-17(9-15)28-5/h7-10,13H,6H2,1-5H3,(H,24,25). The van der Waals surface area contributed by atoms with Crippen molar-refractivity contribution in [2.24, 2.45) is 0 Å². The number of pyridine rings is 1. The number of methoxy groups -OCH3 is 2. The van der Waals surface area contributed by atoms with E-state index in [0.29, 0.717) is 27.9 Å². The highest BCUT2D eigenvalue weighted by Gasteiger charge is 2.21. The maximum atomic E-state index is 12.7. The van der Waals surface area contributed by atoms with Crippen LogP contribution < -0.4 is 14.8 Å². The van der Waals surface area contributed by atoms with E-state index < -0.39 is 11.2 Å². The lowest BCUT2D eigenvalue weighted by atomic mass is 10.1. The number of thioether (sulfide) groups is 1. The Morgan fingerprint density at radius 3 is 2.37 bits per heavy atom. The second kappa shape index (κ2) is 10.5. The summed E-state index contributed by atoms with van der Waals surface area (Å²) in [6.07, 6.45) is 0. The predicted molar refractivity (Wildman–Crippen MR) is 113 cm³/mol. The van der Waals surface area contributed by atoms with Crippen LogP contribution in [0.15, 0.2) is 29.3 Å². The van der Waals surface area contributed by atoms with Crippen LogP contribution in [0.5, 0.6) is 11.5 Å². The van der Waals surface area contributed by atoms with Crippen molar-refractivity contribution >= 4 is 29.3 Å². The van der Waals surface area contributed by atoms with Gasteiger partial charge in [-0.1, -0.05) is 11.8 Å². The number of benzene rings is 1. The van der Waals surface area contributed by atoms with Crippen LogP contribution in [0.25, 0.3) is 0 Å². The Morgan fingerprint density at radius 2 is 1.83 bits per heavy atom. The molecule has 0 spiro atoms. The van der Waals surface area contributed by atoms with Crippen molar-refractivity contribution in [3.8, 4) is 17.6 Å². The number of nitrogens with zero attached hydrogens (tertiary/aromatic N) is 2. The SMILES string of the molecule is CCOC(=O)c1cc(C#N)c(SC(C)C(=O)Nc2cc(OC)cc(OC)c2)nc1C. The van der Waals surface area contributed by atoms with Gasteiger partial charge in [-0.05, 0) is 26.8 Å². The van der Waals surface area contributed by atoms with Crippen molar-refractivity contribution in [2.45, 2.75) is 31.0 Å². The predicted octanol–water partition coefficient (Wildman–Crippen LogP) is 3.57. The topological polar surface area (TPSA) is 111 Å². The van der Waals surface area contributed by atoms with Crippen molar-refractivity contribution in [2.75, 3.05) is 26.1 Å². The molecule has 0 aliphatic rings. The van der Waals surface area contributed by atoms with E-state index in [2.05, 4.69) is 10.3 Å². The number of carbonyl (C=O) groups excluding carboxylic acids is 2. The summed E-state index contributed by atoms with van der Waals surface area (Å²) in [6, 6.07) is 8.52. The monoisotopic (exact) mass is 429 g/mol. The van der Waals surface area contributed by atoms with Gasteiger partial charge < -0.3 is 19.5 Å². The van der Waals surface area contributed by atoms with Gasteiger partial charge in [0, 0.05) is 23.9 Å². The second-order valence-electron chi connectivity index (χ2n) is 6.16. The van der Waals surface area contributed by atoms with E-state index in [-0.39, 0.29) is 23.6 Å². The summed E-state index contributed by atoms with van der Waals surface area (Å²) < 4.78 is 15.4. The van der Waals surface area contributed by atoms with E-state index in [1.54, 1.807) is 39.0 Å². The van der Waals surface area contributed by atoms with E-state index in [1.165, 1.54) is 20.3 Å². The van der Waals surface area contributed by atoms with Crippen molar-refractivity contribution in [1.29, 1.82) is 5.26 Å². The molecule has 1 aromatic carbocycles. The summed E-state index contributed by atoms with van der Waals surface area (Å²) in [6.45, 7) is 5.29. The molecule has 158 valence electrons. The van der Waals surface area contributed by atoms with Crippen molar-refractivity contribution < 1.29 is 23.8 Å². The lowest BCUT2D eigenvalue weighted by Crippen LogP contribution is -2.23. The van der Waals surface area contributed by atoms with Gasteiger partial charge >= 0.3 is 5.97 Å². The largest absolute Gasteiger partial charge is 0.497 e. The Bertz CT molecular complexity index is 965. The summed E-state index contributed by atoms with van der Waals surface area (Å²) in [7, 11) is 3.05. The highest BCUT2D eigenvalue weighted by Crippen LogP contribution is 2.29. The Hall–Kier alpha value is -3.25. The lowest BCUT2D eigenvalue weighted by Gasteiger charge is -2.15. The fourth-order valence-corrected chi connectivity index (χ4v) is 3.44. The molecule has 1 N–H and O–H groups in total. The average Bonchev–Trinajstić information content (AvgIpc) is 2.73. The van der Waals surface area contributed by atoms with Crippen LogP contribution >= 0.6 is 11.8 Å². The van der Waals surface area contributed by atoms with Crippen LogP contribution in [0.3, 0.4) is 0 Å². The number of esters is 1. The Morgan fingerprint density at radius 1 is 1.20 bits per heavy atom. The second-order valence-corrected chi connectivity index (χ2v) is 7.49. The first kappa shape index (κ1) is 23.0. The molecule has 9 heteroatoms. The molecule has 1 atom stereocenters. The molecule has 0 saturated heterocycles. The number of nitrogens with one attached hydrogen (secondary N) is 1. The highest BCUT2D eigenvalue weighted by molar-refractivity contribution is 8.00. The lowest BCUT2D eigenvalue weighted by molar-refractivity contribution is -0.115. The van der Waals surface area contributed by atoms with E-state index in [1.807, 2.05) is 6.07 Å². The first-order chi connectivity index (χ1) is 14.3. The van der Waals surface area contributed by atoms with Gasteiger partial charge in [0.2, 0.25) is 5.91 Å². The fourth-order valence-electron chi connectivity index (χ4n) is 2.51. The fraction of sp³-hybridized carbons (Fsp3) is 0.333. The molecule has 0 radical (unpaired) electrons. The van der Waals surface area contributed by atoms with Crippen molar-refractivity contribution in [3.63, 3.8) is 0 Å². The molecule has 0 saturated carbocycles. The van der Waals surface area contributed by atoms with Gasteiger partial charge in [0.1, 0.15) is 22.6 Å². The van der Waals surface area contributed by atoms with Crippen LogP contribution in [0.4, 0.5) is 5.69 Å². The van der Waals surface area contributed by atoms with Gasteiger partial charge in [-0.25, -0.2) is 9.78 Å². The molecule has 1 heterocycles. The summed E-state index contributed by atoms with van der Waals surface area (Å²) in [5.41, 5.74) is 1.39.